The molecule has 0 heterocycles. The minimum absolute atomic E-state index is 0.108. The van der Waals surface area contributed by atoms with E-state index in [4.69, 9.17) is 0 Å². The first-order chi connectivity index (χ1) is 15.7. The van der Waals surface area contributed by atoms with Crippen LogP contribution in [-0.4, -0.2) is 0 Å². The van der Waals surface area contributed by atoms with Crippen LogP contribution in [0.4, 0.5) is 4.39 Å². The summed E-state index contributed by atoms with van der Waals surface area (Å²) in [7, 11) is 0. The fraction of sp³-hybridized carbons (Fsp3) is 0.419. The van der Waals surface area contributed by atoms with E-state index in [1.54, 1.807) is 0 Å². The molecule has 168 valence electrons. The van der Waals surface area contributed by atoms with Gasteiger partial charge in [-0.3, -0.25) is 0 Å². The summed E-state index contributed by atoms with van der Waals surface area (Å²) in [6, 6.07) is 18.7. The van der Waals surface area contributed by atoms with Crippen molar-refractivity contribution in [1.29, 1.82) is 0 Å². The van der Waals surface area contributed by atoms with Gasteiger partial charge in [0.2, 0.25) is 0 Å². The topological polar surface area (TPSA) is 0 Å². The Balaban J connectivity index is 1.42. The number of fused-ring (bicyclic) bond motifs is 1. The van der Waals surface area contributed by atoms with E-state index in [2.05, 4.69) is 61.5 Å². The Kier molecular flexibility index (Phi) is 7.79. The van der Waals surface area contributed by atoms with Gasteiger partial charge in [-0.2, -0.15) is 0 Å². The van der Waals surface area contributed by atoms with Gasteiger partial charge in [-0.15, -0.1) is 0 Å². The molecule has 1 heteroatoms. The van der Waals surface area contributed by atoms with Gasteiger partial charge in [0.05, 0.1) is 0 Å². The summed E-state index contributed by atoms with van der Waals surface area (Å²) >= 11 is 0. The van der Waals surface area contributed by atoms with E-state index >= 15 is 4.39 Å². The van der Waals surface area contributed by atoms with Gasteiger partial charge in [0.25, 0.3) is 0 Å². The summed E-state index contributed by atoms with van der Waals surface area (Å²) in [5, 5.41) is 1.70. The first-order valence-electron chi connectivity index (χ1n) is 12.6. The monoisotopic (exact) mass is 428 g/mol. The molecule has 0 atom stereocenters. The molecule has 1 aliphatic carbocycles. The zero-order valence-electron chi connectivity index (χ0n) is 19.7. The minimum atomic E-state index is -0.108. The smallest absolute Gasteiger partial charge is 0.138 e. The largest absolute Gasteiger partial charge is 0.206 e. The lowest BCUT2D eigenvalue weighted by atomic mass is 9.78. The van der Waals surface area contributed by atoms with Gasteiger partial charge in [0.15, 0.2) is 0 Å². The Morgan fingerprint density at radius 3 is 2.28 bits per heavy atom. The number of hydrogen-bond donors (Lipinski definition) is 0. The molecule has 3 aromatic rings. The highest BCUT2D eigenvalue weighted by Gasteiger charge is 2.19. The van der Waals surface area contributed by atoms with Crippen molar-refractivity contribution in [3.63, 3.8) is 0 Å². The molecule has 32 heavy (non-hydrogen) atoms. The summed E-state index contributed by atoms with van der Waals surface area (Å²) in [6.45, 7) is 4.37. The highest BCUT2D eigenvalue weighted by molar-refractivity contribution is 5.88. The third-order valence-corrected chi connectivity index (χ3v) is 7.50. The Bertz CT molecular complexity index is 1040. The van der Waals surface area contributed by atoms with Crippen LogP contribution in [-0.2, 0) is 12.8 Å². The predicted octanol–water partition coefficient (Wildman–Crippen LogP) is 9.30. The molecule has 0 aliphatic heterocycles. The number of hydrogen-bond acceptors (Lipinski definition) is 0. The number of benzene rings is 3. The first-order valence-corrected chi connectivity index (χ1v) is 12.6. The third-order valence-electron chi connectivity index (χ3n) is 7.50. The molecule has 0 aromatic heterocycles. The number of aryl methyl sites for hydroxylation is 2. The molecule has 0 saturated heterocycles. The first kappa shape index (κ1) is 22.8. The molecule has 0 spiro atoms. The Morgan fingerprint density at radius 1 is 0.844 bits per heavy atom. The summed E-state index contributed by atoms with van der Waals surface area (Å²) in [6.07, 6.45) is 15.7. The molecule has 3 aromatic carbocycles. The molecular weight excluding hydrogens is 391 g/mol. The van der Waals surface area contributed by atoms with Crippen molar-refractivity contribution in [3.05, 3.63) is 83.7 Å². The van der Waals surface area contributed by atoms with Crippen molar-refractivity contribution in [2.75, 3.05) is 0 Å². The van der Waals surface area contributed by atoms with Gasteiger partial charge in [-0.05, 0) is 66.5 Å². The van der Waals surface area contributed by atoms with E-state index in [0.29, 0.717) is 10.9 Å². The lowest BCUT2D eigenvalue weighted by molar-refractivity contribution is 0.259. The van der Waals surface area contributed by atoms with Crippen LogP contribution in [0.3, 0.4) is 0 Å². The van der Waals surface area contributed by atoms with Crippen LogP contribution in [0, 0.1) is 17.7 Å². The van der Waals surface area contributed by atoms with Crippen LogP contribution in [0.2, 0.25) is 0 Å². The SMILES string of the molecule is C/C=C/CCc1ccc2c(F)c(-c3ccc(CCC4CCC(CC)CC4)cc3)ccc2c1. The van der Waals surface area contributed by atoms with E-state index in [1.807, 2.05) is 19.1 Å². The van der Waals surface area contributed by atoms with Crippen molar-refractivity contribution >= 4 is 10.8 Å². The third kappa shape index (κ3) is 5.49. The molecule has 1 aliphatic rings. The van der Waals surface area contributed by atoms with Crippen molar-refractivity contribution in [2.24, 2.45) is 11.8 Å². The highest BCUT2D eigenvalue weighted by Crippen LogP contribution is 2.34. The molecule has 4 rings (SSSR count). The average Bonchev–Trinajstić information content (AvgIpc) is 2.84. The van der Waals surface area contributed by atoms with Crippen LogP contribution in [0.25, 0.3) is 21.9 Å². The fourth-order valence-electron chi connectivity index (χ4n) is 5.29. The van der Waals surface area contributed by atoms with E-state index in [0.717, 1.165) is 42.0 Å². The molecule has 0 radical (unpaired) electrons. The normalized spacial score (nSPS) is 19.1. The molecule has 0 N–H and O–H groups in total. The molecular formula is C31H37F. The second-order valence-corrected chi connectivity index (χ2v) is 9.62. The van der Waals surface area contributed by atoms with E-state index in [9.17, 15) is 0 Å². The molecule has 1 saturated carbocycles. The van der Waals surface area contributed by atoms with Crippen LogP contribution >= 0.6 is 0 Å². The number of rotatable bonds is 8. The second kappa shape index (κ2) is 10.9. The summed E-state index contributed by atoms with van der Waals surface area (Å²) < 4.78 is 15.3. The van der Waals surface area contributed by atoms with Crippen LogP contribution in [0.15, 0.2) is 66.7 Å². The van der Waals surface area contributed by atoms with Crippen LogP contribution < -0.4 is 0 Å². The van der Waals surface area contributed by atoms with E-state index in [-0.39, 0.29) is 5.82 Å². The summed E-state index contributed by atoms with van der Waals surface area (Å²) in [5.74, 6) is 1.74. The lowest BCUT2D eigenvalue weighted by Gasteiger charge is -2.27. The van der Waals surface area contributed by atoms with Crippen molar-refractivity contribution in [2.45, 2.75) is 71.6 Å². The van der Waals surface area contributed by atoms with Gasteiger partial charge in [-0.1, -0.05) is 106 Å². The highest BCUT2D eigenvalue weighted by atomic mass is 19.1. The molecule has 0 nitrogen and oxygen atoms in total. The van der Waals surface area contributed by atoms with Crippen molar-refractivity contribution < 1.29 is 4.39 Å². The van der Waals surface area contributed by atoms with Crippen LogP contribution in [0.1, 0.15) is 69.9 Å². The molecule has 1 fully saturated rings. The standard InChI is InChI=1S/C31H37F/c1-3-5-6-7-26-16-20-30-28(22-26)19-21-29(31(30)32)27-17-14-25(15-18-27)13-12-24-10-8-23(4-2)9-11-24/h3,5,14-24H,4,6-13H2,1-2H3/b5-3+. The minimum Gasteiger partial charge on any atom is -0.206 e. The lowest BCUT2D eigenvalue weighted by Crippen LogP contribution is -2.14. The van der Waals surface area contributed by atoms with Gasteiger partial charge >= 0.3 is 0 Å². The molecule has 0 unspecified atom stereocenters. The maximum absolute atomic E-state index is 15.3. The quantitative estimate of drug-likeness (QED) is 0.314. The van der Waals surface area contributed by atoms with Crippen molar-refractivity contribution in [1.82, 2.24) is 0 Å². The summed E-state index contributed by atoms with van der Waals surface area (Å²) in [4.78, 5) is 0. The van der Waals surface area contributed by atoms with Gasteiger partial charge < -0.3 is 0 Å². The average molecular weight is 429 g/mol. The zero-order chi connectivity index (χ0) is 22.3. The predicted molar refractivity (Wildman–Crippen MR) is 137 cm³/mol. The van der Waals surface area contributed by atoms with E-state index in [1.165, 1.54) is 49.7 Å². The number of halogens is 1. The van der Waals surface area contributed by atoms with Gasteiger partial charge in [0.1, 0.15) is 5.82 Å². The van der Waals surface area contributed by atoms with Gasteiger partial charge in [-0.25, -0.2) is 4.39 Å². The van der Waals surface area contributed by atoms with Gasteiger partial charge in [0, 0.05) is 10.9 Å². The molecule has 0 bridgehead atoms. The fourth-order valence-corrected chi connectivity index (χ4v) is 5.29. The number of allylic oxidation sites excluding steroid dienone is 2. The Labute approximate surface area is 193 Å². The Hall–Kier alpha value is -2.41. The maximum Gasteiger partial charge on any atom is 0.138 e. The summed E-state index contributed by atoms with van der Waals surface area (Å²) in [5.41, 5.74) is 4.30. The second-order valence-electron chi connectivity index (χ2n) is 9.62. The maximum atomic E-state index is 15.3. The Morgan fingerprint density at radius 2 is 1.56 bits per heavy atom. The zero-order valence-corrected chi connectivity index (χ0v) is 19.7. The molecule has 0 amide bonds. The van der Waals surface area contributed by atoms with Crippen LogP contribution in [0.5, 0.6) is 0 Å². The van der Waals surface area contributed by atoms with Crippen molar-refractivity contribution in [3.8, 4) is 11.1 Å². The van der Waals surface area contributed by atoms with E-state index < -0.39 is 0 Å².